The number of rotatable bonds is 6. The summed E-state index contributed by atoms with van der Waals surface area (Å²) in [5, 5.41) is 26.7. The van der Waals surface area contributed by atoms with Crippen molar-refractivity contribution in [2.45, 2.75) is 50.5 Å². The minimum absolute atomic E-state index is 0.367. The molecule has 0 amide bonds. The average molecular weight is 546 g/mol. The minimum Gasteiger partial charge on any atom is -0.487 e. The van der Waals surface area contributed by atoms with Gasteiger partial charge in [0.05, 0.1) is 17.3 Å². The first-order valence-electron chi connectivity index (χ1n) is 13.1. The topological polar surface area (TPSA) is 115 Å². The molecule has 2 atom stereocenters. The Hall–Kier alpha value is -3.39. The zero-order valence-electron chi connectivity index (χ0n) is 22.1. The molecule has 9 heteroatoms. The summed E-state index contributed by atoms with van der Waals surface area (Å²) < 4.78 is 6.10. The molecule has 1 fully saturated rings. The standard InChI is InChI=1S/C30H32ClN5O3/c1-29(2,37)21-9-12-27-25(17-21)23(24-5-3-14-33-26(24)19-39-27)6-4-15-36-16-13-30(38,28(18-36)34-35-32)20-7-10-22(31)11-8-20/h3,5-12,14,17,28,37-38H,4,13,15-16,18-19H2,1-2H3/b23-6+. The molecule has 3 aromatic rings. The van der Waals surface area contributed by atoms with Gasteiger partial charge < -0.3 is 19.8 Å². The largest absolute Gasteiger partial charge is 0.487 e. The number of pyridine rings is 1. The van der Waals surface area contributed by atoms with Crippen molar-refractivity contribution < 1.29 is 14.9 Å². The van der Waals surface area contributed by atoms with Gasteiger partial charge in [-0.2, -0.15) is 0 Å². The van der Waals surface area contributed by atoms with Crippen LogP contribution in [-0.2, 0) is 17.8 Å². The Kier molecular flexibility index (Phi) is 7.67. The van der Waals surface area contributed by atoms with E-state index in [4.69, 9.17) is 16.3 Å². The number of hydrogen-bond acceptors (Lipinski definition) is 6. The number of nitrogens with zero attached hydrogens (tertiary/aromatic N) is 5. The molecule has 2 aromatic carbocycles. The van der Waals surface area contributed by atoms with Crippen LogP contribution in [0, 0.1) is 0 Å². The van der Waals surface area contributed by atoms with Gasteiger partial charge in [-0.1, -0.05) is 47.1 Å². The van der Waals surface area contributed by atoms with Crippen LogP contribution in [0.15, 0.2) is 72.0 Å². The molecule has 202 valence electrons. The summed E-state index contributed by atoms with van der Waals surface area (Å²) in [6.07, 6.45) is 5.11. The zero-order chi connectivity index (χ0) is 27.6. The molecule has 0 aliphatic carbocycles. The Morgan fingerprint density at radius 3 is 2.77 bits per heavy atom. The van der Waals surface area contributed by atoms with Crippen molar-refractivity contribution in [1.82, 2.24) is 9.88 Å². The number of likely N-dealkylation sites (tertiary alicyclic amines) is 1. The quantitative estimate of drug-likeness (QED) is 0.226. The van der Waals surface area contributed by atoms with Crippen LogP contribution < -0.4 is 4.74 Å². The van der Waals surface area contributed by atoms with Crippen molar-refractivity contribution in [3.05, 3.63) is 110 Å². The second-order valence-electron chi connectivity index (χ2n) is 10.7. The third-order valence-corrected chi connectivity index (χ3v) is 7.89. The summed E-state index contributed by atoms with van der Waals surface area (Å²) in [6, 6.07) is 16.2. The van der Waals surface area contributed by atoms with Crippen LogP contribution in [0.4, 0.5) is 0 Å². The van der Waals surface area contributed by atoms with Gasteiger partial charge in [-0.3, -0.25) is 4.98 Å². The molecule has 1 saturated heterocycles. The summed E-state index contributed by atoms with van der Waals surface area (Å²) in [5.41, 5.74) is 12.3. The van der Waals surface area contributed by atoms with Crippen LogP contribution in [-0.4, -0.2) is 45.8 Å². The molecule has 0 bridgehead atoms. The van der Waals surface area contributed by atoms with E-state index in [1.54, 1.807) is 44.3 Å². The highest BCUT2D eigenvalue weighted by Gasteiger charge is 2.42. The molecule has 2 N–H and O–H groups in total. The van der Waals surface area contributed by atoms with Crippen molar-refractivity contribution in [3.63, 3.8) is 0 Å². The summed E-state index contributed by atoms with van der Waals surface area (Å²) in [4.78, 5) is 9.80. The van der Waals surface area contributed by atoms with Gasteiger partial charge in [-0.15, -0.1) is 0 Å². The van der Waals surface area contributed by atoms with Crippen LogP contribution in [0.25, 0.3) is 16.0 Å². The van der Waals surface area contributed by atoms with Gasteiger partial charge in [-0.25, -0.2) is 0 Å². The number of ether oxygens (including phenoxy) is 1. The molecule has 3 heterocycles. The predicted octanol–water partition coefficient (Wildman–Crippen LogP) is 5.95. The van der Waals surface area contributed by atoms with Gasteiger partial charge in [0, 0.05) is 46.9 Å². The Labute approximate surface area is 233 Å². The maximum Gasteiger partial charge on any atom is 0.131 e. The molecule has 0 saturated carbocycles. The van der Waals surface area contributed by atoms with Crippen LogP contribution in [0.3, 0.4) is 0 Å². The summed E-state index contributed by atoms with van der Waals surface area (Å²) >= 11 is 6.04. The average Bonchev–Trinajstić information content (AvgIpc) is 3.07. The van der Waals surface area contributed by atoms with E-state index in [1.807, 2.05) is 30.3 Å². The number of fused-ring (bicyclic) bond motifs is 2. The fraction of sp³-hybridized carbons (Fsp3) is 0.367. The van der Waals surface area contributed by atoms with Crippen LogP contribution >= 0.6 is 11.6 Å². The maximum absolute atomic E-state index is 11.5. The molecule has 5 rings (SSSR count). The summed E-state index contributed by atoms with van der Waals surface area (Å²) in [5.74, 6) is 0.752. The molecule has 1 aromatic heterocycles. The maximum atomic E-state index is 11.5. The van der Waals surface area contributed by atoms with E-state index in [0.717, 1.165) is 40.1 Å². The molecule has 2 unspecified atom stereocenters. The number of halogens is 1. The van der Waals surface area contributed by atoms with E-state index in [0.29, 0.717) is 43.2 Å². The highest BCUT2D eigenvalue weighted by atomic mass is 35.5. The van der Waals surface area contributed by atoms with Crippen LogP contribution in [0.1, 0.15) is 54.6 Å². The molecule has 2 aliphatic rings. The van der Waals surface area contributed by atoms with E-state index in [9.17, 15) is 15.7 Å². The number of benzene rings is 2. The molecular formula is C30H32ClN5O3. The van der Waals surface area contributed by atoms with Crippen molar-refractivity contribution >= 4 is 17.2 Å². The van der Waals surface area contributed by atoms with Crippen LogP contribution in [0.5, 0.6) is 5.75 Å². The predicted molar refractivity (Wildman–Crippen MR) is 151 cm³/mol. The van der Waals surface area contributed by atoms with Gasteiger partial charge in [0.15, 0.2) is 0 Å². The number of hydrogen-bond donors (Lipinski definition) is 2. The number of piperidine rings is 1. The summed E-state index contributed by atoms with van der Waals surface area (Å²) in [7, 11) is 0. The normalized spacial score (nSPS) is 22.3. The van der Waals surface area contributed by atoms with Crippen molar-refractivity contribution in [1.29, 1.82) is 0 Å². The van der Waals surface area contributed by atoms with E-state index >= 15 is 0 Å². The smallest absolute Gasteiger partial charge is 0.131 e. The molecule has 0 radical (unpaired) electrons. The van der Waals surface area contributed by atoms with Crippen molar-refractivity contribution in [3.8, 4) is 5.75 Å². The van der Waals surface area contributed by atoms with E-state index in [1.165, 1.54) is 0 Å². The number of aromatic nitrogens is 1. The first kappa shape index (κ1) is 27.2. The second kappa shape index (κ2) is 11.0. The first-order valence-corrected chi connectivity index (χ1v) is 13.5. The van der Waals surface area contributed by atoms with E-state index < -0.39 is 17.2 Å². The van der Waals surface area contributed by atoms with Gasteiger partial charge >= 0.3 is 0 Å². The Bertz CT molecular complexity index is 1430. The van der Waals surface area contributed by atoms with Crippen LogP contribution in [0.2, 0.25) is 5.02 Å². The fourth-order valence-electron chi connectivity index (χ4n) is 5.40. The van der Waals surface area contributed by atoms with Crippen molar-refractivity contribution in [2.24, 2.45) is 5.11 Å². The third kappa shape index (κ3) is 5.66. The highest BCUT2D eigenvalue weighted by Crippen LogP contribution is 2.39. The lowest BCUT2D eigenvalue weighted by molar-refractivity contribution is -0.0432. The SMILES string of the molecule is CC(C)(O)c1ccc2c(c1)/C(=C/CCN1CCC(O)(c3ccc(Cl)cc3)C(N=[N+]=[N-])C1)c1cccnc1CO2. The molecule has 39 heavy (non-hydrogen) atoms. The number of azide groups is 1. The van der Waals surface area contributed by atoms with E-state index in [-0.39, 0.29) is 0 Å². The van der Waals surface area contributed by atoms with Gasteiger partial charge in [0.2, 0.25) is 0 Å². The van der Waals surface area contributed by atoms with Gasteiger partial charge in [-0.05, 0) is 79.3 Å². The molecular weight excluding hydrogens is 514 g/mol. The molecule has 8 nitrogen and oxygen atoms in total. The Morgan fingerprint density at radius 1 is 1.23 bits per heavy atom. The lowest BCUT2D eigenvalue weighted by atomic mass is 9.80. The minimum atomic E-state index is -1.25. The van der Waals surface area contributed by atoms with E-state index in [2.05, 4.69) is 26.0 Å². The summed E-state index contributed by atoms with van der Waals surface area (Å²) in [6.45, 7) is 5.72. The third-order valence-electron chi connectivity index (χ3n) is 7.64. The Morgan fingerprint density at radius 2 is 2.03 bits per heavy atom. The molecule has 0 spiro atoms. The van der Waals surface area contributed by atoms with Crippen molar-refractivity contribution in [2.75, 3.05) is 19.6 Å². The number of aliphatic hydroxyl groups is 2. The zero-order valence-corrected chi connectivity index (χ0v) is 22.8. The monoisotopic (exact) mass is 545 g/mol. The second-order valence-corrected chi connectivity index (χ2v) is 11.1. The molecule has 2 aliphatic heterocycles. The highest BCUT2D eigenvalue weighted by molar-refractivity contribution is 6.30. The lowest BCUT2D eigenvalue weighted by Gasteiger charge is -2.43. The Balaban J connectivity index is 1.40. The van der Waals surface area contributed by atoms with Gasteiger partial charge in [0.25, 0.3) is 0 Å². The van der Waals surface area contributed by atoms with Gasteiger partial charge in [0.1, 0.15) is 18.0 Å². The lowest BCUT2D eigenvalue weighted by Crippen LogP contribution is -2.52. The first-order chi connectivity index (χ1) is 18.7. The fourth-order valence-corrected chi connectivity index (χ4v) is 5.53.